The number of aliphatic hydroxyl groups is 1. The Balaban J connectivity index is 2.76. The second kappa shape index (κ2) is 4.37. The van der Waals surface area contributed by atoms with Crippen LogP contribution in [0.3, 0.4) is 0 Å². The molecule has 0 spiro atoms. The van der Waals surface area contributed by atoms with Crippen molar-refractivity contribution in [3.8, 4) is 0 Å². The minimum absolute atomic E-state index is 0.128. The Kier molecular flexibility index (Phi) is 3.57. The van der Waals surface area contributed by atoms with Gasteiger partial charge in [-0.25, -0.2) is 0 Å². The molecule has 0 aromatic rings. The maximum Gasteiger partial charge on any atom is 0.412 e. The fourth-order valence-electron chi connectivity index (χ4n) is 1.49. The summed E-state index contributed by atoms with van der Waals surface area (Å²) in [5, 5.41) is 11.8. The standard InChI is InChI=1S/C10H14F3NO/c1-6-3-4-8(10(11,12)13)5-9(6)14-7(2)15/h3-4,7,9,14-15H,5H2,1-2H3. The molecule has 0 fully saturated rings. The lowest BCUT2D eigenvalue weighted by molar-refractivity contribution is -0.0950. The molecule has 0 aromatic carbocycles. The number of alkyl halides is 3. The van der Waals surface area contributed by atoms with Crippen LogP contribution < -0.4 is 5.32 Å². The first kappa shape index (κ1) is 12.3. The first-order chi connectivity index (χ1) is 6.80. The Morgan fingerprint density at radius 1 is 1.47 bits per heavy atom. The molecule has 0 radical (unpaired) electrons. The van der Waals surface area contributed by atoms with Gasteiger partial charge >= 0.3 is 6.18 Å². The second-order valence-electron chi connectivity index (χ2n) is 3.70. The lowest BCUT2D eigenvalue weighted by Gasteiger charge is -2.26. The summed E-state index contributed by atoms with van der Waals surface area (Å²) in [4.78, 5) is 0. The van der Waals surface area contributed by atoms with E-state index >= 15 is 0 Å². The first-order valence-electron chi connectivity index (χ1n) is 4.69. The van der Waals surface area contributed by atoms with E-state index in [1.807, 2.05) is 0 Å². The molecule has 0 aliphatic heterocycles. The molecule has 0 amide bonds. The number of nitrogens with one attached hydrogen (secondary N) is 1. The van der Waals surface area contributed by atoms with Crippen molar-refractivity contribution in [2.24, 2.45) is 0 Å². The van der Waals surface area contributed by atoms with E-state index in [4.69, 9.17) is 5.11 Å². The molecule has 2 atom stereocenters. The van der Waals surface area contributed by atoms with Gasteiger partial charge in [0.1, 0.15) is 6.23 Å². The van der Waals surface area contributed by atoms with Gasteiger partial charge in [0.2, 0.25) is 0 Å². The zero-order chi connectivity index (χ0) is 11.6. The average Bonchev–Trinajstić information content (AvgIpc) is 2.06. The number of rotatable bonds is 2. The highest BCUT2D eigenvalue weighted by molar-refractivity contribution is 5.30. The number of allylic oxidation sites excluding steroid dienone is 2. The molecule has 1 rings (SSSR count). The molecule has 0 saturated carbocycles. The van der Waals surface area contributed by atoms with Gasteiger partial charge in [0.15, 0.2) is 0 Å². The molecule has 0 heterocycles. The molecule has 5 heteroatoms. The highest BCUT2D eigenvalue weighted by Crippen LogP contribution is 2.32. The Hall–Kier alpha value is -0.810. The fraction of sp³-hybridized carbons (Fsp3) is 0.600. The third kappa shape index (κ3) is 3.35. The van der Waals surface area contributed by atoms with E-state index in [1.54, 1.807) is 6.92 Å². The van der Waals surface area contributed by atoms with Gasteiger partial charge in [0, 0.05) is 11.6 Å². The van der Waals surface area contributed by atoms with Gasteiger partial charge in [-0.2, -0.15) is 13.2 Å². The molecule has 86 valence electrons. The van der Waals surface area contributed by atoms with Gasteiger partial charge in [-0.3, -0.25) is 5.32 Å². The summed E-state index contributed by atoms with van der Waals surface area (Å²) in [5.41, 5.74) is 0.232. The first-order valence-corrected chi connectivity index (χ1v) is 4.69. The van der Waals surface area contributed by atoms with Crippen LogP contribution in [0.25, 0.3) is 0 Å². The van der Waals surface area contributed by atoms with Crippen LogP contribution in [0.1, 0.15) is 20.3 Å². The van der Waals surface area contributed by atoms with Gasteiger partial charge in [0.05, 0.1) is 0 Å². The number of hydrogen-bond acceptors (Lipinski definition) is 2. The quantitative estimate of drug-likeness (QED) is 0.700. The Morgan fingerprint density at radius 2 is 2.07 bits per heavy atom. The van der Waals surface area contributed by atoms with E-state index in [9.17, 15) is 13.2 Å². The highest BCUT2D eigenvalue weighted by Gasteiger charge is 2.36. The second-order valence-corrected chi connectivity index (χ2v) is 3.70. The molecule has 2 N–H and O–H groups in total. The average molecular weight is 221 g/mol. The predicted molar refractivity (Wildman–Crippen MR) is 51.1 cm³/mol. The Labute approximate surface area is 86.5 Å². The maximum atomic E-state index is 12.4. The van der Waals surface area contributed by atoms with E-state index in [-0.39, 0.29) is 6.42 Å². The Bertz CT molecular complexity index is 292. The Morgan fingerprint density at radius 3 is 2.53 bits per heavy atom. The smallest absolute Gasteiger partial charge is 0.379 e. The largest absolute Gasteiger partial charge is 0.412 e. The topological polar surface area (TPSA) is 32.3 Å². The van der Waals surface area contributed by atoms with Crippen molar-refractivity contribution in [2.75, 3.05) is 0 Å². The van der Waals surface area contributed by atoms with Crippen LogP contribution in [0.15, 0.2) is 23.3 Å². The molecule has 1 aliphatic carbocycles. The normalized spacial score (nSPS) is 24.5. The minimum Gasteiger partial charge on any atom is -0.379 e. The fourth-order valence-corrected chi connectivity index (χ4v) is 1.49. The van der Waals surface area contributed by atoms with Crippen molar-refractivity contribution in [1.82, 2.24) is 5.32 Å². The highest BCUT2D eigenvalue weighted by atomic mass is 19.4. The van der Waals surface area contributed by atoms with Crippen LogP contribution in [-0.4, -0.2) is 23.6 Å². The summed E-state index contributed by atoms with van der Waals surface area (Å²) in [5.74, 6) is 0. The summed E-state index contributed by atoms with van der Waals surface area (Å²) >= 11 is 0. The zero-order valence-electron chi connectivity index (χ0n) is 8.60. The maximum absolute atomic E-state index is 12.4. The van der Waals surface area contributed by atoms with Crippen molar-refractivity contribution >= 4 is 0 Å². The molecule has 0 saturated heterocycles. The monoisotopic (exact) mass is 221 g/mol. The lowest BCUT2D eigenvalue weighted by Crippen LogP contribution is -2.39. The van der Waals surface area contributed by atoms with E-state index in [2.05, 4.69) is 5.32 Å². The summed E-state index contributed by atoms with van der Waals surface area (Å²) in [6.45, 7) is 3.22. The molecule has 1 aliphatic rings. The summed E-state index contributed by atoms with van der Waals surface area (Å²) in [6, 6.07) is -0.438. The van der Waals surface area contributed by atoms with Crippen molar-refractivity contribution in [2.45, 2.75) is 38.7 Å². The third-order valence-electron chi connectivity index (χ3n) is 2.33. The van der Waals surface area contributed by atoms with Crippen LogP contribution in [0.5, 0.6) is 0 Å². The summed E-state index contributed by atoms with van der Waals surface area (Å²) < 4.78 is 37.2. The number of hydrogen-bond donors (Lipinski definition) is 2. The SMILES string of the molecule is CC1=CC=C(C(F)(F)F)CC1NC(C)O. The molecular weight excluding hydrogens is 207 g/mol. The summed E-state index contributed by atoms with van der Waals surface area (Å²) in [6.07, 6.45) is -2.69. The summed E-state index contributed by atoms with van der Waals surface area (Å²) in [7, 11) is 0. The molecule has 0 aromatic heterocycles. The van der Waals surface area contributed by atoms with Crippen molar-refractivity contribution in [1.29, 1.82) is 0 Å². The van der Waals surface area contributed by atoms with E-state index < -0.39 is 24.0 Å². The minimum atomic E-state index is -4.28. The van der Waals surface area contributed by atoms with Gasteiger partial charge in [-0.1, -0.05) is 17.7 Å². The molecule has 2 nitrogen and oxygen atoms in total. The van der Waals surface area contributed by atoms with Crippen molar-refractivity contribution in [3.05, 3.63) is 23.3 Å². The van der Waals surface area contributed by atoms with Crippen LogP contribution >= 0.6 is 0 Å². The molecule has 2 unspecified atom stereocenters. The van der Waals surface area contributed by atoms with Crippen LogP contribution in [-0.2, 0) is 0 Å². The van der Waals surface area contributed by atoms with E-state index in [1.165, 1.54) is 13.0 Å². The zero-order valence-corrected chi connectivity index (χ0v) is 8.60. The third-order valence-corrected chi connectivity index (χ3v) is 2.33. The van der Waals surface area contributed by atoms with Gasteiger partial charge in [-0.15, -0.1) is 0 Å². The van der Waals surface area contributed by atoms with Crippen LogP contribution in [0.2, 0.25) is 0 Å². The van der Waals surface area contributed by atoms with Gasteiger partial charge in [0.25, 0.3) is 0 Å². The number of halogens is 3. The van der Waals surface area contributed by atoms with E-state index in [0.29, 0.717) is 0 Å². The van der Waals surface area contributed by atoms with Crippen LogP contribution in [0, 0.1) is 0 Å². The van der Waals surface area contributed by atoms with Gasteiger partial charge in [-0.05, 0) is 20.3 Å². The van der Waals surface area contributed by atoms with Crippen LogP contribution in [0.4, 0.5) is 13.2 Å². The molecular formula is C10H14F3NO. The van der Waals surface area contributed by atoms with E-state index in [0.717, 1.165) is 11.6 Å². The molecule has 0 bridgehead atoms. The predicted octanol–water partition coefficient (Wildman–Crippen LogP) is 2.12. The van der Waals surface area contributed by atoms with Gasteiger partial charge < -0.3 is 5.11 Å². The number of aliphatic hydroxyl groups excluding tert-OH is 1. The molecule has 15 heavy (non-hydrogen) atoms. The lowest BCUT2D eigenvalue weighted by atomic mass is 9.94. The van der Waals surface area contributed by atoms with Crippen molar-refractivity contribution < 1.29 is 18.3 Å². The van der Waals surface area contributed by atoms with Crippen molar-refractivity contribution in [3.63, 3.8) is 0 Å².